The summed E-state index contributed by atoms with van der Waals surface area (Å²) < 4.78 is 0. The van der Waals surface area contributed by atoms with E-state index in [1.807, 2.05) is 42.6 Å². The third-order valence-electron chi connectivity index (χ3n) is 3.96. The number of nitrogens with zero attached hydrogens (tertiary/aromatic N) is 2. The lowest BCUT2D eigenvalue weighted by Crippen LogP contribution is -2.14. The van der Waals surface area contributed by atoms with Crippen LogP contribution >= 0.6 is 11.6 Å². The van der Waals surface area contributed by atoms with Gasteiger partial charge in [-0.15, -0.1) is 0 Å². The molecule has 2 aromatic carbocycles. The fourth-order valence-corrected chi connectivity index (χ4v) is 3.04. The highest BCUT2D eigenvalue weighted by Gasteiger charge is 2.24. The molecule has 1 unspecified atom stereocenters. The van der Waals surface area contributed by atoms with E-state index in [0.717, 1.165) is 39.3 Å². The summed E-state index contributed by atoms with van der Waals surface area (Å²) in [6.07, 6.45) is 1.94. The SMILES string of the molecule is Clc1ccc2ncc(C3CNN=C3c3ccccc3)cc2c1. The van der Waals surface area contributed by atoms with Gasteiger partial charge in [0.1, 0.15) is 0 Å². The summed E-state index contributed by atoms with van der Waals surface area (Å²) in [5.74, 6) is 0.207. The molecule has 22 heavy (non-hydrogen) atoms. The summed E-state index contributed by atoms with van der Waals surface area (Å²) in [5, 5.41) is 6.26. The number of hydrogen-bond donors (Lipinski definition) is 1. The van der Waals surface area contributed by atoms with Crippen LogP contribution in [-0.2, 0) is 0 Å². The summed E-state index contributed by atoms with van der Waals surface area (Å²) in [4.78, 5) is 4.55. The third-order valence-corrected chi connectivity index (χ3v) is 4.20. The second-order valence-corrected chi connectivity index (χ2v) is 5.82. The summed E-state index contributed by atoms with van der Waals surface area (Å²) in [6.45, 7) is 0.790. The molecular weight excluding hydrogens is 294 g/mol. The molecule has 4 rings (SSSR count). The van der Waals surface area contributed by atoms with Crippen molar-refractivity contribution in [2.45, 2.75) is 5.92 Å². The smallest absolute Gasteiger partial charge is 0.0768 e. The van der Waals surface area contributed by atoms with Crippen molar-refractivity contribution >= 4 is 28.2 Å². The maximum absolute atomic E-state index is 6.09. The minimum Gasteiger partial charge on any atom is -0.309 e. The van der Waals surface area contributed by atoms with Gasteiger partial charge in [0.15, 0.2) is 0 Å². The third kappa shape index (κ3) is 2.34. The maximum atomic E-state index is 6.09. The first-order chi connectivity index (χ1) is 10.8. The Kier molecular flexibility index (Phi) is 3.28. The molecular formula is C18H14ClN3. The quantitative estimate of drug-likeness (QED) is 0.777. The Bertz CT molecular complexity index is 859. The molecule has 0 saturated carbocycles. The van der Waals surface area contributed by atoms with Crippen molar-refractivity contribution in [2.24, 2.45) is 5.10 Å². The highest BCUT2D eigenvalue weighted by atomic mass is 35.5. The Balaban J connectivity index is 1.76. The second kappa shape index (κ2) is 5.43. The highest BCUT2D eigenvalue weighted by Crippen LogP contribution is 2.27. The Labute approximate surface area is 133 Å². The number of rotatable bonds is 2. The van der Waals surface area contributed by atoms with Gasteiger partial charge in [-0.2, -0.15) is 5.10 Å². The topological polar surface area (TPSA) is 37.3 Å². The number of fused-ring (bicyclic) bond motifs is 1. The number of pyridine rings is 1. The Hall–Kier alpha value is -2.39. The normalized spacial score (nSPS) is 17.3. The lowest BCUT2D eigenvalue weighted by molar-refractivity contribution is 0.762. The van der Waals surface area contributed by atoms with Gasteiger partial charge in [-0.3, -0.25) is 4.98 Å². The fraction of sp³-hybridized carbons (Fsp3) is 0.111. The monoisotopic (exact) mass is 307 g/mol. The van der Waals surface area contributed by atoms with Gasteiger partial charge in [-0.05, 0) is 35.4 Å². The van der Waals surface area contributed by atoms with Gasteiger partial charge in [-0.1, -0.05) is 41.9 Å². The van der Waals surface area contributed by atoms with Gasteiger partial charge < -0.3 is 5.43 Å². The zero-order valence-electron chi connectivity index (χ0n) is 11.8. The number of hydrogen-bond acceptors (Lipinski definition) is 3. The predicted octanol–water partition coefficient (Wildman–Crippen LogP) is 3.98. The Morgan fingerprint density at radius 1 is 1.05 bits per heavy atom. The van der Waals surface area contributed by atoms with Crippen LogP contribution in [0.25, 0.3) is 10.9 Å². The highest BCUT2D eigenvalue weighted by molar-refractivity contribution is 6.31. The van der Waals surface area contributed by atoms with E-state index in [1.165, 1.54) is 0 Å². The zero-order chi connectivity index (χ0) is 14.9. The first-order valence-corrected chi connectivity index (χ1v) is 7.60. The van der Waals surface area contributed by atoms with Crippen molar-refractivity contribution in [3.63, 3.8) is 0 Å². The molecule has 3 nitrogen and oxygen atoms in total. The van der Waals surface area contributed by atoms with Gasteiger partial charge in [0.05, 0.1) is 11.2 Å². The molecule has 0 fully saturated rings. The largest absolute Gasteiger partial charge is 0.309 e. The van der Waals surface area contributed by atoms with Crippen LogP contribution in [0, 0.1) is 0 Å². The molecule has 0 spiro atoms. The molecule has 0 amide bonds. The van der Waals surface area contributed by atoms with E-state index in [4.69, 9.17) is 11.6 Å². The molecule has 1 aliphatic rings. The molecule has 2 heterocycles. The van der Waals surface area contributed by atoms with E-state index in [2.05, 4.69) is 33.7 Å². The average molecular weight is 308 g/mol. The van der Waals surface area contributed by atoms with Crippen molar-refractivity contribution < 1.29 is 0 Å². The van der Waals surface area contributed by atoms with E-state index in [9.17, 15) is 0 Å². The predicted molar refractivity (Wildman–Crippen MR) is 90.5 cm³/mol. The van der Waals surface area contributed by atoms with Gasteiger partial charge >= 0.3 is 0 Å². The van der Waals surface area contributed by atoms with E-state index in [0.29, 0.717) is 0 Å². The first-order valence-electron chi connectivity index (χ1n) is 7.22. The molecule has 0 saturated heterocycles. The van der Waals surface area contributed by atoms with E-state index < -0.39 is 0 Å². The molecule has 1 aromatic heterocycles. The standard InChI is InChI=1S/C18H14ClN3/c19-15-6-7-17-13(9-15)8-14(10-20-17)16-11-21-22-18(16)12-4-2-1-3-5-12/h1-10,16,21H,11H2. The fourth-order valence-electron chi connectivity index (χ4n) is 2.86. The van der Waals surface area contributed by atoms with Gasteiger partial charge in [0, 0.05) is 29.1 Å². The summed E-state index contributed by atoms with van der Waals surface area (Å²) in [7, 11) is 0. The van der Waals surface area contributed by atoms with Crippen molar-refractivity contribution in [1.29, 1.82) is 0 Å². The van der Waals surface area contributed by atoms with Crippen molar-refractivity contribution in [3.05, 3.63) is 76.9 Å². The van der Waals surface area contributed by atoms with Crippen LogP contribution in [0.2, 0.25) is 5.02 Å². The molecule has 1 aliphatic heterocycles. The molecule has 108 valence electrons. The molecule has 1 atom stereocenters. The van der Waals surface area contributed by atoms with Crippen LogP contribution < -0.4 is 5.43 Å². The van der Waals surface area contributed by atoms with Gasteiger partial charge in [-0.25, -0.2) is 0 Å². The molecule has 0 bridgehead atoms. The zero-order valence-corrected chi connectivity index (χ0v) is 12.6. The molecule has 0 radical (unpaired) electrons. The number of hydrazone groups is 1. The lowest BCUT2D eigenvalue weighted by atomic mass is 9.91. The lowest BCUT2D eigenvalue weighted by Gasteiger charge is -2.13. The van der Waals surface area contributed by atoms with Crippen LogP contribution in [0.1, 0.15) is 17.0 Å². The van der Waals surface area contributed by atoms with Crippen LogP contribution in [0.4, 0.5) is 0 Å². The summed E-state index contributed by atoms with van der Waals surface area (Å²) >= 11 is 6.09. The van der Waals surface area contributed by atoms with E-state index in [-0.39, 0.29) is 5.92 Å². The molecule has 0 aliphatic carbocycles. The van der Waals surface area contributed by atoms with Gasteiger partial charge in [0.2, 0.25) is 0 Å². The number of nitrogens with one attached hydrogen (secondary N) is 1. The van der Waals surface area contributed by atoms with Crippen LogP contribution in [0.15, 0.2) is 65.9 Å². The van der Waals surface area contributed by atoms with E-state index in [1.54, 1.807) is 0 Å². The van der Waals surface area contributed by atoms with Crippen molar-refractivity contribution in [2.75, 3.05) is 6.54 Å². The van der Waals surface area contributed by atoms with E-state index >= 15 is 0 Å². The minimum atomic E-state index is 0.207. The summed E-state index contributed by atoms with van der Waals surface area (Å²) in [6, 6.07) is 18.2. The Morgan fingerprint density at radius 3 is 2.77 bits per heavy atom. The maximum Gasteiger partial charge on any atom is 0.0768 e. The molecule has 3 aromatic rings. The van der Waals surface area contributed by atoms with Crippen LogP contribution in [0.3, 0.4) is 0 Å². The second-order valence-electron chi connectivity index (χ2n) is 5.38. The van der Waals surface area contributed by atoms with Crippen LogP contribution in [0.5, 0.6) is 0 Å². The number of benzene rings is 2. The first kappa shape index (κ1) is 13.3. The molecule has 1 N–H and O–H groups in total. The molecule has 4 heteroatoms. The minimum absolute atomic E-state index is 0.207. The van der Waals surface area contributed by atoms with Crippen molar-refractivity contribution in [1.82, 2.24) is 10.4 Å². The Morgan fingerprint density at radius 2 is 1.91 bits per heavy atom. The summed E-state index contributed by atoms with van der Waals surface area (Å²) in [5.41, 5.74) is 7.43. The van der Waals surface area contributed by atoms with Crippen LogP contribution in [-0.4, -0.2) is 17.2 Å². The number of halogens is 1. The van der Waals surface area contributed by atoms with Crippen molar-refractivity contribution in [3.8, 4) is 0 Å². The number of aromatic nitrogens is 1. The average Bonchev–Trinajstić information content (AvgIpc) is 3.04. The van der Waals surface area contributed by atoms with Gasteiger partial charge in [0.25, 0.3) is 0 Å².